The molecule has 0 atom stereocenters. The van der Waals surface area contributed by atoms with Gasteiger partial charge < -0.3 is 11.1 Å². The molecule has 170 valence electrons. The van der Waals surface area contributed by atoms with Crippen molar-refractivity contribution in [3.63, 3.8) is 0 Å². The third-order valence-corrected chi connectivity index (χ3v) is 5.58. The number of hydrogen-bond acceptors (Lipinski definition) is 5. The van der Waals surface area contributed by atoms with Crippen molar-refractivity contribution >= 4 is 40.0 Å². The SMILES string of the molecule is CC1(C)C(=O)Nc2nc(-n3nc(CCC(F)(F)C(F)(F)F)c4cc(Cl)ccc43)nc(N)c21. The number of rotatable bonds is 4. The first-order chi connectivity index (χ1) is 14.7. The van der Waals surface area contributed by atoms with E-state index in [-0.39, 0.29) is 39.6 Å². The fourth-order valence-corrected chi connectivity index (χ4v) is 3.72. The van der Waals surface area contributed by atoms with Crippen LogP contribution in [0.5, 0.6) is 0 Å². The molecule has 32 heavy (non-hydrogen) atoms. The number of nitrogens with one attached hydrogen (secondary N) is 1. The molecule has 1 aromatic carbocycles. The first-order valence-electron chi connectivity index (χ1n) is 9.34. The van der Waals surface area contributed by atoms with Gasteiger partial charge in [0.1, 0.15) is 11.6 Å². The van der Waals surface area contributed by atoms with Crippen LogP contribution in [0.2, 0.25) is 5.02 Å². The summed E-state index contributed by atoms with van der Waals surface area (Å²) >= 11 is 5.99. The molecule has 0 bridgehead atoms. The van der Waals surface area contributed by atoms with Crippen molar-refractivity contribution in [3.05, 3.63) is 34.5 Å². The molecule has 4 rings (SSSR count). The molecule has 0 saturated carbocycles. The van der Waals surface area contributed by atoms with Gasteiger partial charge in [0.05, 0.1) is 22.2 Å². The van der Waals surface area contributed by atoms with Gasteiger partial charge in [0, 0.05) is 16.8 Å². The highest BCUT2D eigenvalue weighted by atomic mass is 35.5. The maximum Gasteiger partial charge on any atom is 0.453 e. The monoisotopic (exact) mass is 474 g/mol. The lowest BCUT2D eigenvalue weighted by atomic mass is 9.87. The zero-order valence-electron chi connectivity index (χ0n) is 16.7. The van der Waals surface area contributed by atoms with Crippen molar-refractivity contribution in [1.29, 1.82) is 0 Å². The zero-order chi connectivity index (χ0) is 23.6. The van der Waals surface area contributed by atoms with E-state index in [1.165, 1.54) is 22.9 Å². The van der Waals surface area contributed by atoms with Crippen LogP contribution in [-0.4, -0.2) is 37.8 Å². The van der Waals surface area contributed by atoms with Crippen LogP contribution < -0.4 is 11.1 Å². The number of aryl methyl sites for hydroxylation is 1. The van der Waals surface area contributed by atoms with Crippen molar-refractivity contribution < 1.29 is 26.7 Å². The summed E-state index contributed by atoms with van der Waals surface area (Å²) in [5.74, 6) is -5.12. The minimum Gasteiger partial charge on any atom is -0.383 e. The number of alkyl halides is 5. The van der Waals surface area contributed by atoms with E-state index in [2.05, 4.69) is 20.4 Å². The Morgan fingerprint density at radius 3 is 2.53 bits per heavy atom. The van der Waals surface area contributed by atoms with Crippen molar-refractivity contribution in [2.75, 3.05) is 11.1 Å². The van der Waals surface area contributed by atoms with E-state index < -0.39 is 30.4 Å². The van der Waals surface area contributed by atoms with Gasteiger partial charge in [-0.25, -0.2) is 0 Å². The number of anilines is 2. The first kappa shape index (κ1) is 22.2. The molecule has 7 nitrogen and oxygen atoms in total. The summed E-state index contributed by atoms with van der Waals surface area (Å²) in [6.07, 6.45) is -7.85. The first-order valence-corrected chi connectivity index (χ1v) is 9.72. The van der Waals surface area contributed by atoms with Crippen molar-refractivity contribution in [3.8, 4) is 5.95 Å². The molecule has 0 radical (unpaired) electrons. The summed E-state index contributed by atoms with van der Waals surface area (Å²) in [6, 6.07) is 4.41. The average Bonchev–Trinajstić information content (AvgIpc) is 3.13. The van der Waals surface area contributed by atoms with Crippen LogP contribution in [0.4, 0.5) is 33.6 Å². The van der Waals surface area contributed by atoms with Gasteiger partial charge in [0.2, 0.25) is 5.91 Å². The number of nitrogens with zero attached hydrogens (tertiary/aromatic N) is 4. The number of aromatic nitrogens is 4. The molecule has 2 aromatic heterocycles. The summed E-state index contributed by atoms with van der Waals surface area (Å²) < 4.78 is 65.9. The molecular formula is C19H16ClF5N6O. The number of carbonyl (C=O) groups excluding carboxylic acids is 1. The van der Waals surface area contributed by atoms with E-state index >= 15 is 0 Å². The summed E-state index contributed by atoms with van der Waals surface area (Å²) in [7, 11) is 0. The molecule has 1 amide bonds. The maximum atomic E-state index is 13.5. The molecule has 3 heterocycles. The van der Waals surface area contributed by atoms with Crippen molar-refractivity contribution in [2.45, 2.75) is 44.2 Å². The lowest BCUT2D eigenvalue weighted by Gasteiger charge is -2.18. The molecule has 0 saturated heterocycles. The maximum absolute atomic E-state index is 13.5. The Labute approximate surface area is 182 Å². The van der Waals surface area contributed by atoms with Crippen LogP contribution in [0.3, 0.4) is 0 Å². The standard InChI is InChI=1S/C19H16ClF5N6O/c1-17(2)12-13(26)27-16(29-14(12)28-15(17)32)31-11-4-3-8(20)7-9(11)10(30-31)5-6-18(21,22)19(23,24)25/h3-4,7H,5-6H2,1-2H3,(H3,26,27,28,29,32). The highest BCUT2D eigenvalue weighted by Crippen LogP contribution is 2.41. The number of fused-ring (bicyclic) bond motifs is 2. The van der Waals surface area contributed by atoms with Gasteiger partial charge in [-0.3, -0.25) is 4.79 Å². The fourth-order valence-electron chi connectivity index (χ4n) is 3.55. The van der Waals surface area contributed by atoms with Crippen LogP contribution >= 0.6 is 11.6 Å². The van der Waals surface area contributed by atoms with Crippen LogP contribution in [0.1, 0.15) is 31.5 Å². The number of nitrogen functional groups attached to an aromatic ring is 1. The van der Waals surface area contributed by atoms with Crippen LogP contribution in [0.25, 0.3) is 16.9 Å². The Balaban J connectivity index is 1.81. The van der Waals surface area contributed by atoms with Gasteiger partial charge in [-0.1, -0.05) is 11.6 Å². The summed E-state index contributed by atoms with van der Waals surface area (Å²) in [6.45, 7) is 3.30. The molecule has 0 fully saturated rings. The number of halogens is 6. The van der Waals surface area contributed by atoms with Crippen molar-refractivity contribution in [1.82, 2.24) is 19.7 Å². The topological polar surface area (TPSA) is 98.7 Å². The van der Waals surface area contributed by atoms with Gasteiger partial charge in [0.15, 0.2) is 0 Å². The smallest absolute Gasteiger partial charge is 0.383 e. The normalized spacial score (nSPS) is 15.8. The van der Waals surface area contributed by atoms with E-state index in [1.807, 2.05) is 0 Å². The van der Waals surface area contributed by atoms with Gasteiger partial charge in [-0.05, 0) is 38.5 Å². The highest BCUT2D eigenvalue weighted by molar-refractivity contribution is 6.31. The Kier molecular flexibility index (Phi) is 4.85. The van der Waals surface area contributed by atoms with Crippen LogP contribution in [0.15, 0.2) is 18.2 Å². The van der Waals surface area contributed by atoms with Crippen molar-refractivity contribution in [2.24, 2.45) is 0 Å². The Bertz CT molecular complexity index is 1250. The average molecular weight is 475 g/mol. The van der Waals surface area contributed by atoms with E-state index in [1.54, 1.807) is 13.8 Å². The van der Waals surface area contributed by atoms with E-state index in [0.717, 1.165) is 0 Å². The molecule has 3 aromatic rings. The summed E-state index contributed by atoms with van der Waals surface area (Å²) in [5, 5.41) is 7.29. The quantitative estimate of drug-likeness (QED) is 0.546. The third kappa shape index (κ3) is 3.42. The minimum absolute atomic E-state index is 0.0103. The van der Waals surface area contributed by atoms with Crippen LogP contribution in [-0.2, 0) is 16.6 Å². The molecule has 13 heteroatoms. The number of nitrogens with two attached hydrogens (primary N) is 1. The third-order valence-electron chi connectivity index (χ3n) is 5.35. The highest BCUT2D eigenvalue weighted by Gasteiger charge is 2.56. The zero-order valence-corrected chi connectivity index (χ0v) is 17.4. The van der Waals surface area contributed by atoms with E-state index in [9.17, 15) is 26.7 Å². The molecule has 1 aliphatic heterocycles. The molecule has 1 aliphatic rings. The number of carbonyl (C=O) groups is 1. The Morgan fingerprint density at radius 2 is 1.88 bits per heavy atom. The molecular weight excluding hydrogens is 459 g/mol. The number of hydrogen-bond donors (Lipinski definition) is 2. The van der Waals surface area contributed by atoms with E-state index in [4.69, 9.17) is 17.3 Å². The minimum atomic E-state index is -5.68. The summed E-state index contributed by atoms with van der Waals surface area (Å²) in [4.78, 5) is 20.7. The Morgan fingerprint density at radius 1 is 1.19 bits per heavy atom. The largest absolute Gasteiger partial charge is 0.453 e. The molecule has 3 N–H and O–H groups in total. The van der Waals surface area contributed by atoms with Crippen LogP contribution in [0, 0.1) is 0 Å². The second kappa shape index (κ2) is 6.99. The van der Waals surface area contributed by atoms with Gasteiger partial charge >= 0.3 is 12.1 Å². The van der Waals surface area contributed by atoms with Gasteiger partial charge in [-0.2, -0.15) is 41.7 Å². The molecule has 0 spiro atoms. The van der Waals surface area contributed by atoms with Gasteiger partial charge in [0.25, 0.3) is 5.95 Å². The van der Waals surface area contributed by atoms with E-state index in [0.29, 0.717) is 11.1 Å². The predicted molar refractivity (Wildman–Crippen MR) is 107 cm³/mol. The number of amides is 1. The lowest BCUT2D eigenvalue weighted by molar-refractivity contribution is -0.284. The second-order valence-electron chi connectivity index (χ2n) is 7.93. The molecule has 0 aliphatic carbocycles. The predicted octanol–water partition coefficient (Wildman–Crippen LogP) is 4.41. The second-order valence-corrected chi connectivity index (χ2v) is 8.37. The molecule has 0 unspecified atom stereocenters. The summed E-state index contributed by atoms with van der Waals surface area (Å²) in [5.41, 5.74) is 5.77. The van der Waals surface area contributed by atoms with Gasteiger partial charge in [-0.15, -0.1) is 0 Å². The number of benzene rings is 1. The fraction of sp³-hybridized carbons (Fsp3) is 0.368. The Hall–Kier alpha value is -3.02. The lowest BCUT2D eigenvalue weighted by Crippen LogP contribution is -2.36.